The van der Waals surface area contributed by atoms with E-state index in [4.69, 9.17) is 9.47 Å². The summed E-state index contributed by atoms with van der Waals surface area (Å²) in [6, 6.07) is 17.4. The number of benzene rings is 3. The minimum absolute atomic E-state index is 0.00362. The molecule has 4 N–H and O–H groups in total. The predicted molar refractivity (Wildman–Crippen MR) is 115 cm³/mol. The third-order valence-electron chi connectivity index (χ3n) is 5.21. The molecule has 0 spiro atoms. The molecule has 0 fully saturated rings. The van der Waals surface area contributed by atoms with E-state index in [0.717, 1.165) is 0 Å². The molecule has 1 unspecified atom stereocenters. The Bertz CT molecular complexity index is 1120. The molecule has 0 aliphatic carbocycles. The van der Waals surface area contributed by atoms with E-state index in [2.05, 4.69) is 10.7 Å². The van der Waals surface area contributed by atoms with Gasteiger partial charge < -0.3 is 25.0 Å². The molecule has 3 aromatic rings. The van der Waals surface area contributed by atoms with Gasteiger partial charge in [-0.25, -0.2) is 10.4 Å². The van der Waals surface area contributed by atoms with Crippen molar-refractivity contribution < 1.29 is 24.5 Å². The second kappa shape index (κ2) is 8.45. The van der Waals surface area contributed by atoms with Gasteiger partial charge in [0, 0.05) is 23.4 Å². The van der Waals surface area contributed by atoms with Crippen LogP contribution in [-0.2, 0) is 6.54 Å². The van der Waals surface area contributed by atoms with Gasteiger partial charge in [0.15, 0.2) is 23.0 Å². The van der Waals surface area contributed by atoms with Gasteiger partial charge in [-0.1, -0.05) is 36.4 Å². The lowest BCUT2D eigenvalue weighted by atomic mass is 10.0. The van der Waals surface area contributed by atoms with Gasteiger partial charge in [-0.2, -0.15) is 0 Å². The summed E-state index contributed by atoms with van der Waals surface area (Å²) in [6.07, 6.45) is -0.717. The molecule has 0 saturated heterocycles. The first-order valence-electron chi connectivity index (χ1n) is 9.68. The zero-order valence-corrected chi connectivity index (χ0v) is 17.1. The van der Waals surface area contributed by atoms with Gasteiger partial charge in [-0.3, -0.25) is 4.79 Å². The van der Waals surface area contributed by atoms with Crippen molar-refractivity contribution in [1.29, 1.82) is 0 Å². The lowest BCUT2D eigenvalue weighted by molar-refractivity contribution is 0.0541. The van der Waals surface area contributed by atoms with Gasteiger partial charge in [-0.05, 0) is 24.3 Å². The van der Waals surface area contributed by atoms with Crippen LogP contribution in [0.25, 0.3) is 0 Å². The monoisotopic (exact) mass is 421 g/mol. The molecule has 0 saturated carbocycles. The Labute approximate surface area is 179 Å². The number of methoxy groups -OCH3 is 2. The zero-order chi connectivity index (χ0) is 22.0. The highest BCUT2D eigenvalue weighted by Crippen LogP contribution is 2.39. The maximum Gasteiger partial charge on any atom is 0.272 e. The second-order valence-electron chi connectivity index (χ2n) is 6.97. The van der Waals surface area contributed by atoms with Crippen molar-refractivity contribution in [3.63, 3.8) is 0 Å². The summed E-state index contributed by atoms with van der Waals surface area (Å²) in [6.45, 7) is 0.153. The van der Waals surface area contributed by atoms with Gasteiger partial charge in [0.1, 0.15) is 6.17 Å². The highest BCUT2D eigenvalue weighted by atomic mass is 16.5. The van der Waals surface area contributed by atoms with Crippen LogP contribution in [0.2, 0.25) is 0 Å². The third kappa shape index (κ3) is 3.69. The van der Waals surface area contributed by atoms with Crippen LogP contribution in [-0.4, -0.2) is 35.3 Å². The largest absolute Gasteiger partial charge is 0.504 e. The number of phenolic OH excluding ortho intramolecular Hbond substituents is 2. The molecule has 160 valence electrons. The van der Waals surface area contributed by atoms with Crippen molar-refractivity contribution in [2.45, 2.75) is 12.7 Å². The van der Waals surface area contributed by atoms with Crippen LogP contribution in [0.3, 0.4) is 0 Å². The number of fused-ring (bicyclic) bond motifs is 1. The highest BCUT2D eigenvalue weighted by molar-refractivity contribution is 6.01. The number of hydrogen-bond acceptors (Lipinski definition) is 7. The number of para-hydroxylation sites is 3. The number of aromatic hydroxyl groups is 2. The molecule has 8 heteroatoms. The third-order valence-corrected chi connectivity index (χ3v) is 5.21. The summed E-state index contributed by atoms with van der Waals surface area (Å²) >= 11 is 0. The molecule has 1 atom stereocenters. The molecule has 1 amide bonds. The number of phenols is 2. The minimum Gasteiger partial charge on any atom is -0.504 e. The molecule has 0 radical (unpaired) electrons. The maximum absolute atomic E-state index is 13.3. The maximum atomic E-state index is 13.3. The van der Waals surface area contributed by atoms with Crippen LogP contribution in [0.5, 0.6) is 23.0 Å². The van der Waals surface area contributed by atoms with Crippen LogP contribution < -0.4 is 20.2 Å². The SMILES string of the molecule is COc1cccc(CNN2C(=O)c3ccccc3NC2c2cccc(OC)c2O)c1O. The van der Waals surface area contributed by atoms with Crippen LogP contribution in [0.4, 0.5) is 5.69 Å². The highest BCUT2D eigenvalue weighted by Gasteiger charge is 2.35. The van der Waals surface area contributed by atoms with E-state index in [1.54, 1.807) is 48.5 Å². The fourth-order valence-electron chi connectivity index (χ4n) is 3.60. The van der Waals surface area contributed by atoms with Gasteiger partial charge in [0.05, 0.1) is 19.8 Å². The van der Waals surface area contributed by atoms with E-state index >= 15 is 0 Å². The lowest BCUT2D eigenvalue weighted by Crippen LogP contribution is -2.50. The Morgan fingerprint density at radius 1 is 0.935 bits per heavy atom. The molecular weight excluding hydrogens is 398 g/mol. The first-order chi connectivity index (χ1) is 15.0. The standard InChI is InChI=1S/C23H23N3O5/c1-30-18-11-5-7-14(20(18)27)13-24-26-22(16-9-6-12-19(31-2)21(16)28)25-17-10-4-3-8-15(17)23(26)29/h3-12,22,24-25,27-28H,13H2,1-2H3. The van der Waals surface area contributed by atoms with E-state index in [0.29, 0.717) is 33.9 Å². The van der Waals surface area contributed by atoms with Crippen molar-refractivity contribution in [3.05, 3.63) is 77.4 Å². The Morgan fingerprint density at radius 2 is 1.61 bits per heavy atom. The lowest BCUT2D eigenvalue weighted by Gasteiger charge is -2.38. The Kier molecular flexibility index (Phi) is 5.55. The van der Waals surface area contributed by atoms with E-state index < -0.39 is 6.17 Å². The average Bonchev–Trinajstić information content (AvgIpc) is 2.79. The van der Waals surface area contributed by atoms with Gasteiger partial charge in [0.2, 0.25) is 0 Å². The van der Waals surface area contributed by atoms with Crippen molar-refractivity contribution in [3.8, 4) is 23.0 Å². The van der Waals surface area contributed by atoms with Crippen LogP contribution in [0.1, 0.15) is 27.7 Å². The summed E-state index contributed by atoms with van der Waals surface area (Å²) < 4.78 is 10.4. The molecule has 1 aliphatic heterocycles. The average molecular weight is 421 g/mol. The summed E-state index contributed by atoms with van der Waals surface area (Å²) in [4.78, 5) is 13.3. The number of ether oxygens (including phenoxy) is 2. The fourth-order valence-corrected chi connectivity index (χ4v) is 3.60. The van der Waals surface area contributed by atoms with Crippen LogP contribution >= 0.6 is 0 Å². The quantitative estimate of drug-likeness (QED) is 0.484. The van der Waals surface area contributed by atoms with E-state index in [-0.39, 0.29) is 24.0 Å². The van der Waals surface area contributed by atoms with Crippen LogP contribution in [0, 0.1) is 0 Å². The number of anilines is 1. The molecule has 0 aromatic heterocycles. The number of amides is 1. The summed E-state index contributed by atoms with van der Waals surface area (Å²) in [7, 11) is 2.94. The van der Waals surface area contributed by atoms with E-state index in [9.17, 15) is 15.0 Å². The predicted octanol–water partition coefficient (Wildman–Crippen LogP) is 3.39. The molecule has 4 rings (SSSR count). The van der Waals surface area contributed by atoms with E-state index in [1.165, 1.54) is 19.2 Å². The van der Waals surface area contributed by atoms with Gasteiger partial charge >= 0.3 is 0 Å². The summed E-state index contributed by atoms with van der Waals surface area (Å²) in [5, 5.41) is 25.8. The van der Waals surface area contributed by atoms with E-state index in [1.807, 2.05) is 12.1 Å². The number of rotatable bonds is 6. The first-order valence-corrected chi connectivity index (χ1v) is 9.68. The zero-order valence-electron chi connectivity index (χ0n) is 17.1. The summed E-state index contributed by atoms with van der Waals surface area (Å²) in [5.41, 5.74) is 5.25. The number of nitrogens with one attached hydrogen (secondary N) is 2. The van der Waals surface area contributed by atoms with Crippen molar-refractivity contribution in [2.75, 3.05) is 19.5 Å². The molecule has 31 heavy (non-hydrogen) atoms. The van der Waals surface area contributed by atoms with Gasteiger partial charge in [-0.15, -0.1) is 0 Å². The fraction of sp³-hybridized carbons (Fsp3) is 0.174. The van der Waals surface area contributed by atoms with Crippen molar-refractivity contribution in [2.24, 2.45) is 0 Å². The van der Waals surface area contributed by atoms with Gasteiger partial charge in [0.25, 0.3) is 5.91 Å². The van der Waals surface area contributed by atoms with Crippen molar-refractivity contribution >= 4 is 11.6 Å². The second-order valence-corrected chi connectivity index (χ2v) is 6.97. The van der Waals surface area contributed by atoms with Crippen LogP contribution in [0.15, 0.2) is 60.7 Å². The normalized spacial score (nSPS) is 15.2. The number of carbonyl (C=O) groups is 1. The molecule has 3 aromatic carbocycles. The first kappa shape index (κ1) is 20.4. The minimum atomic E-state index is -0.717. The Balaban J connectivity index is 1.71. The number of carbonyl (C=O) groups excluding carboxylic acids is 1. The topological polar surface area (TPSA) is 103 Å². The smallest absolute Gasteiger partial charge is 0.272 e. The van der Waals surface area contributed by atoms with Crippen molar-refractivity contribution in [1.82, 2.24) is 10.4 Å². The summed E-state index contributed by atoms with van der Waals surface area (Å²) in [5.74, 6) is 0.302. The number of nitrogens with zero attached hydrogens (tertiary/aromatic N) is 1. The Hall–Kier alpha value is -3.91. The number of hydrazine groups is 1. The molecule has 1 aliphatic rings. The number of hydrogen-bond donors (Lipinski definition) is 4. The molecular formula is C23H23N3O5. The molecule has 0 bridgehead atoms. The molecule has 8 nitrogen and oxygen atoms in total. The molecule has 1 heterocycles. The Morgan fingerprint density at radius 3 is 2.35 bits per heavy atom.